The summed E-state index contributed by atoms with van der Waals surface area (Å²) in [5.41, 5.74) is 3.38. The fourth-order valence-electron chi connectivity index (χ4n) is 11.7. The number of carbonyl (C=O) groups is 2. The summed E-state index contributed by atoms with van der Waals surface area (Å²) in [7, 11) is 0. The van der Waals surface area contributed by atoms with Crippen molar-refractivity contribution in [1.82, 2.24) is 5.32 Å². The molecule has 5 aliphatic rings. The van der Waals surface area contributed by atoms with Crippen molar-refractivity contribution in [3.05, 3.63) is 66.9 Å². The molecule has 8 atom stereocenters. The molecule has 5 aliphatic carbocycles. The van der Waals surface area contributed by atoms with E-state index in [1.807, 2.05) is 19.1 Å². The molecule has 228 valence electrons. The van der Waals surface area contributed by atoms with E-state index in [0.717, 1.165) is 25.2 Å². The van der Waals surface area contributed by atoms with E-state index >= 15 is 0 Å². The van der Waals surface area contributed by atoms with Crippen LogP contribution in [0.2, 0.25) is 0 Å². The summed E-state index contributed by atoms with van der Waals surface area (Å²) >= 11 is 0. The van der Waals surface area contributed by atoms with Crippen molar-refractivity contribution in [1.29, 1.82) is 0 Å². The number of aromatic carboxylic acids is 1. The number of benzene rings is 1. The van der Waals surface area contributed by atoms with E-state index in [-0.39, 0.29) is 22.2 Å². The Kier molecular flexibility index (Phi) is 8.18. The Morgan fingerprint density at radius 3 is 2.21 bits per heavy atom. The summed E-state index contributed by atoms with van der Waals surface area (Å²) in [4.78, 5) is 24.7. The summed E-state index contributed by atoms with van der Waals surface area (Å²) in [5, 5.41) is 12.4. The van der Waals surface area contributed by atoms with Crippen LogP contribution in [0.5, 0.6) is 0 Å². The van der Waals surface area contributed by atoms with Gasteiger partial charge in [-0.15, -0.1) is 6.58 Å². The van der Waals surface area contributed by atoms with Crippen molar-refractivity contribution in [3.63, 3.8) is 0 Å². The number of fused-ring (bicyclic) bond motifs is 7. The second kappa shape index (κ2) is 11.1. The first-order valence-electron chi connectivity index (χ1n) is 16.4. The predicted molar refractivity (Wildman–Crippen MR) is 172 cm³/mol. The molecule has 4 nitrogen and oxygen atoms in total. The zero-order chi connectivity index (χ0) is 30.5. The molecule has 0 radical (unpaired) electrons. The van der Waals surface area contributed by atoms with E-state index < -0.39 is 5.97 Å². The predicted octanol–water partition coefficient (Wildman–Crippen LogP) is 9.30. The fraction of sp³-hybridized carbons (Fsp3) is 0.632. The molecule has 0 aliphatic heterocycles. The van der Waals surface area contributed by atoms with Gasteiger partial charge in [-0.2, -0.15) is 0 Å². The maximum Gasteiger partial charge on any atom is 0.335 e. The Bertz CT molecular complexity index is 1260. The van der Waals surface area contributed by atoms with Crippen molar-refractivity contribution < 1.29 is 14.7 Å². The normalized spacial score (nSPS) is 39.5. The first-order valence-corrected chi connectivity index (χ1v) is 16.4. The van der Waals surface area contributed by atoms with Gasteiger partial charge >= 0.3 is 5.97 Å². The highest BCUT2D eigenvalue weighted by atomic mass is 16.4. The summed E-state index contributed by atoms with van der Waals surface area (Å²) in [5.74, 6) is 2.60. The Hall–Kier alpha value is -2.62. The number of nitrogens with one attached hydrogen (secondary N) is 1. The van der Waals surface area contributed by atoms with Crippen LogP contribution in [0.1, 0.15) is 115 Å². The second-order valence-corrected chi connectivity index (χ2v) is 15.2. The van der Waals surface area contributed by atoms with Gasteiger partial charge in [0.25, 0.3) is 0 Å². The largest absolute Gasteiger partial charge is 0.478 e. The lowest BCUT2D eigenvalue weighted by atomic mass is 9.36. The third-order valence-electron chi connectivity index (χ3n) is 13.2. The summed E-state index contributed by atoms with van der Waals surface area (Å²) in [6.07, 6.45) is 17.7. The van der Waals surface area contributed by atoms with Gasteiger partial charge in [0.05, 0.1) is 11.0 Å². The van der Waals surface area contributed by atoms with Crippen molar-refractivity contribution in [2.75, 3.05) is 0 Å². The minimum atomic E-state index is -0.868. The lowest BCUT2D eigenvalue weighted by Gasteiger charge is -2.68. The van der Waals surface area contributed by atoms with E-state index in [0.29, 0.717) is 34.7 Å². The molecule has 0 bridgehead atoms. The number of hydrogen-bond donors (Lipinski definition) is 2. The quantitative estimate of drug-likeness (QED) is 0.354. The van der Waals surface area contributed by atoms with Crippen molar-refractivity contribution in [2.24, 2.45) is 51.2 Å². The van der Waals surface area contributed by atoms with Crippen LogP contribution in [0.4, 0.5) is 0 Å². The van der Waals surface area contributed by atoms with Crippen molar-refractivity contribution in [2.45, 2.75) is 98.8 Å². The molecule has 1 aromatic carbocycles. The Balaban J connectivity index is 0.00000113. The SMILES string of the molecule is C=CC.C=CNC(=O)C12CCCC1C1CCC3C(C)(CCC4C(C)(C)C(c5ccc(C(=O)O)cc5)=CCC43C)C1CC2. The maximum absolute atomic E-state index is 13.3. The highest BCUT2D eigenvalue weighted by molar-refractivity contribution is 5.88. The molecule has 0 heterocycles. The van der Waals surface area contributed by atoms with Crippen LogP contribution in [0.15, 0.2) is 55.8 Å². The molecular formula is C38H53NO3. The van der Waals surface area contributed by atoms with Gasteiger partial charge < -0.3 is 10.4 Å². The monoisotopic (exact) mass is 571 g/mol. The van der Waals surface area contributed by atoms with Crippen LogP contribution >= 0.6 is 0 Å². The third kappa shape index (κ3) is 4.54. The number of carboxylic acids is 1. The number of hydrogen-bond acceptors (Lipinski definition) is 2. The van der Waals surface area contributed by atoms with Gasteiger partial charge in [0.1, 0.15) is 0 Å². The number of carbonyl (C=O) groups excluding carboxylic acids is 1. The average Bonchev–Trinajstić information content (AvgIpc) is 3.39. The van der Waals surface area contributed by atoms with E-state index in [1.165, 1.54) is 56.1 Å². The molecule has 8 unspecified atom stereocenters. The number of rotatable bonds is 4. The van der Waals surface area contributed by atoms with Crippen LogP contribution in [0, 0.1) is 51.2 Å². The van der Waals surface area contributed by atoms with Gasteiger partial charge in [-0.05, 0) is 140 Å². The van der Waals surface area contributed by atoms with E-state index in [2.05, 4.69) is 52.2 Å². The molecule has 4 saturated carbocycles. The molecule has 0 saturated heterocycles. The standard InChI is InChI=1S/C35H47NO3.C3H6/c1-6-36-31(39)35-18-7-8-27(35)24-13-14-29-33(4,26(24)16-21-35)20-17-28-32(2,3)25(15-19-34(28,29)5)22-9-11-23(12-10-22)30(37)38;1-3-2/h6,9-12,15,24,26-29H,1,7-8,13-14,16-21H2,2-5H3,(H,36,39)(H,37,38);3H,1H2,2H3. The Morgan fingerprint density at radius 2 is 1.57 bits per heavy atom. The van der Waals surface area contributed by atoms with Gasteiger partial charge in [-0.25, -0.2) is 4.79 Å². The van der Waals surface area contributed by atoms with Gasteiger partial charge in [0.15, 0.2) is 0 Å². The van der Waals surface area contributed by atoms with Gasteiger partial charge in [0.2, 0.25) is 5.91 Å². The zero-order valence-corrected chi connectivity index (χ0v) is 26.7. The molecule has 0 aromatic heterocycles. The van der Waals surface area contributed by atoms with Crippen LogP contribution < -0.4 is 5.32 Å². The first-order chi connectivity index (χ1) is 19.9. The first kappa shape index (κ1) is 30.8. The maximum atomic E-state index is 13.3. The minimum absolute atomic E-state index is 0.0336. The molecule has 2 N–H and O–H groups in total. The van der Waals surface area contributed by atoms with Crippen LogP contribution in [-0.2, 0) is 4.79 Å². The summed E-state index contributed by atoms with van der Waals surface area (Å²) in [6.45, 7) is 19.1. The van der Waals surface area contributed by atoms with Crippen LogP contribution in [0.3, 0.4) is 0 Å². The minimum Gasteiger partial charge on any atom is -0.478 e. The molecule has 1 amide bonds. The molecule has 4 fully saturated rings. The van der Waals surface area contributed by atoms with E-state index in [4.69, 9.17) is 0 Å². The number of allylic oxidation sites excluding steroid dienone is 3. The van der Waals surface area contributed by atoms with E-state index in [1.54, 1.807) is 24.4 Å². The molecule has 42 heavy (non-hydrogen) atoms. The van der Waals surface area contributed by atoms with Crippen LogP contribution in [-0.4, -0.2) is 17.0 Å². The lowest BCUT2D eigenvalue weighted by Crippen LogP contribution is -2.61. The molecular weight excluding hydrogens is 518 g/mol. The Morgan fingerprint density at radius 1 is 0.881 bits per heavy atom. The second-order valence-electron chi connectivity index (χ2n) is 15.2. The number of carboxylic acid groups (broad SMARTS) is 1. The van der Waals surface area contributed by atoms with Gasteiger partial charge in [-0.1, -0.05) is 65.0 Å². The molecule has 0 spiro atoms. The highest BCUT2D eigenvalue weighted by Gasteiger charge is 2.66. The van der Waals surface area contributed by atoms with E-state index in [9.17, 15) is 14.7 Å². The van der Waals surface area contributed by atoms with Crippen molar-refractivity contribution in [3.8, 4) is 0 Å². The molecule has 1 aromatic rings. The third-order valence-corrected chi connectivity index (χ3v) is 13.2. The zero-order valence-electron chi connectivity index (χ0n) is 26.7. The smallest absolute Gasteiger partial charge is 0.335 e. The lowest BCUT2D eigenvalue weighted by molar-refractivity contribution is -0.181. The van der Waals surface area contributed by atoms with Gasteiger partial charge in [0, 0.05) is 0 Å². The highest BCUT2D eigenvalue weighted by Crippen LogP contribution is 2.73. The summed E-state index contributed by atoms with van der Waals surface area (Å²) in [6, 6.07) is 7.53. The topological polar surface area (TPSA) is 66.4 Å². The molecule has 4 heteroatoms. The average molecular weight is 572 g/mol. The van der Waals surface area contributed by atoms with Crippen LogP contribution in [0.25, 0.3) is 5.57 Å². The Labute approximate surface area is 254 Å². The number of amides is 1. The summed E-state index contributed by atoms with van der Waals surface area (Å²) < 4.78 is 0. The molecule has 6 rings (SSSR count). The fourth-order valence-corrected chi connectivity index (χ4v) is 11.7. The van der Waals surface area contributed by atoms with Gasteiger partial charge in [-0.3, -0.25) is 4.79 Å². The van der Waals surface area contributed by atoms with Crippen molar-refractivity contribution >= 4 is 17.4 Å².